The second-order valence-corrected chi connectivity index (χ2v) is 6.55. The first kappa shape index (κ1) is 19.4. The number of rotatable bonds is 8. The number of benzene rings is 2. The number of amides is 1. The van der Waals surface area contributed by atoms with Gasteiger partial charge in [0.2, 0.25) is 0 Å². The Labute approximate surface area is 166 Å². The van der Waals surface area contributed by atoms with Crippen LogP contribution in [0.1, 0.15) is 30.3 Å². The number of carbonyl (C=O) groups excluding carboxylic acids is 1. The lowest BCUT2D eigenvalue weighted by molar-refractivity contribution is 0.0787. The molecule has 144 valence electrons. The monoisotopic (exact) mass is 375 g/mol. The average molecular weight is 375 g/mol. The summed E-state index contributed by atoms with van der Waals surface area (Å²) in [5, 5.41) is 3.31. The molecule has 1 aromatic heterocycles. The Hall–Kier alpha value is -3.34. The van der Waals surface area contributed by atoms with Crippen LogP contribution in [0, 0.1) is 0 Å². The molecule has 1 amide bonds. The van der Waals surface area contributed by atoms with E-state index in [4.69, 9.17) is 4.74 Å². The number of hydrogen-bond acceptors (Lipinski definition) is 4. The average Bonchev–Trinajstić information content (AvgIpc) is 2.74. The number of nitrogens with zero attached hydrogens (tertiary/aromatic N) is 2. The fraction of sp³-hybridized carbons (Fsp3) is 0.217. The van der Waals surface area contributed by atoms with E-state index in [0.29, 0.717) is 11.4 Å². The van der Waals surface area contributed by atoms with Crippen molar-refractivity contribution in [1.82, 2.24) is 9.88 Å². The number of aromatic nitrogens is 1. The van der Waals surface area contributed by atoms with Crippen molar-refractivity contribution in [2.24, 2.45) is 0 Å². The largest absolute Gasteiger partial charge is 0.455 e. The lowest BCUT2D eigenvalue weighted by Gasteiger charge is -2.16. The molecule has 5 nitrogen and oxygen atoms in total. The van der Waals surface area contributed by atoms with E-state index in [0.717, 1.165) is 36.5 Å². The van der Waals surface area contributed by atoms with E-state index >= 15 is 0 Å². The summed E-state index contributed by atoms with van der Waals surface area (Å²) in [5.74, 6) is 1.42. The van der Waals surface area contributed by atoms with Crippen molar-refractivity contribution in [2.75, 3.05) is 18.9 Å². The van der Waals surface area contributed by atoms with E-state index < -0.39 is 0 Å². The second-order valence-electron chi connectivity index (χ2n) is 6.55. The molecule has 2 aromatic carbocycles. The number of anilines is 2. The Morgan fingerprint density at radius 1 is 1.04 bits per heavy atom. The Morgan fingerprint density at radius 2 is 1.79 bits per heavy atom. The number of para-hydroxylation sites is 3. The van der Waals surface area contributed by atoms with Crippen LogP contribution in [0.3, 0.4) is 0 Å². The zero-order valence-corrected chi connectivity index (χ0v) is 16.3. The maximum Gasteiger partial charge on any atom is 0.272 e. The van der Waals surface area contributed by atoms with Gasteiger partial charge in [-0.3, -0.25) is 4.79 Å². The number of hydrogen-bond donors (Lipinski definition) is 1. The quantitative estimate of drug-likeness (QED) is 0.566. The molecule has 3 aromatic rings. The van der Waals surface area contributed by atoms with Crippen LogP contribution in [0.15, 0.2) is 72.9 Å². The van der Waals surface area contributed by atoms with Crippen LogP contribution in [0.2, 0.25) is 0 Å². The maximum atomic E-state index is 12.4. The van der Waals surface area contributed by atoms with Gasteiger partial charge in [-0.25, -0.2) is 4.98 Å². The number of nitrogens with one attached hydrogen (secondary N) is 1. The van der Waals surface area contributed by atoms with E-state index in [1.807, 2.05) is 67.7 Å². The SMILES string of the molecule is CCCCN(C)C(=O)c1ccc(Nc2ccccc2Oc2ccccc2)cn1. The van der Waals surface area contributed by atoms with Crippen molar-refractivity contribution in [2.45, 2.75) is 19.8 Å². The van der Waals surface area contributed by atoms with Crippen LogP contribution in [-0.4, -0.2) is 29.4 Å². The van der Waals surface area contributed by atoms with Gasteiger partial charge in [-0.2, -0.15) is 0 Å². The van der Waals surface area contributed by atoms with Gasteiger partial charge < -0.3 is 15.0 Å². The smallest absolute Gasteiger partial charge is 0.272 e. The van der Waals surface area contributed by atoms with Gasteiger partial charge in [0.15, 0.2) is 5.75 Å². The highest BCUT2D eigenvalue weighted by atomic mass is 16.5. The molecule has 1 heterocycles. The Kier molecular flexibility index (Phi) is 6.63. The Balaban J connectivity index is 1.70. The minimum atomic E-state index is -0.0622. The maximum absolute atomic E-state index is 12.4. The van der Waals surface area contributed by atoms with E-state index in [1.54, 1.807) is 17.2 Å². The lowest BCUT2D eigenvalue weighted by Crippen LogP contribution is -2.28. The standard InChI is InChI=1S/C23H25N3O2/c1-3-4-16-26(2)23(27)21-15-14-18(17-24-21)25-20-12-8-9-13-22(20)28-19-10-6-5-7-11-19/h5-15,17,25H,3-4,16H2,1-2H3. The number of pyridine rings is 1. The van der Waals surface area contributed by atoms with Gasteiger partial charge in [-0.1, -0.05) is 43.7 Å². The van der Waals surface area contributed by atoms with Crippen molar-refractivity contribution in [3.8, 4) is 11.5 Å². The Morgan fingerprint density at radius 3 is 2.50 bits per heavy atom. The van der Waals surface area contributed by atoms with Crippen LogP contribution in [0.4, 0.5) is 11.4 Å². The molecule has 1 N–H and O–H groups in total. The third kappa shape index (κ3) is 5.10. The van der Waals surface area contributed by atoms with Crippen LogP contribution in [0.25, 0.3) is 0 Å². The number of ether oxygens (including phenoxy) is 1. The Bertz CT molecular complexity index is 895. The molecular weight excluding hydrogens is 350 g/mol. The summed E-state index contributed by atoms with van der Waals surface area (Å²) in [4.78, 5) is 18.4. The van der Waals surface area contributed by atoms with Gasteiger partial charge in [-0.15, -0.1) is 0 Å². The molecule has 0 atom stereocenters. The van der Waals surface area contributed by atoms with Gasteiger partial charge >= 0.3 is 0 Å². The zero-order valence-electron chi connectivity index (χ0n) is 16.3. The summed E-state index contributed by atoms with van der Waals surface area (Å²) >= 11 is 0. The van der Waals surface area contributed by atoms with E-state index in [1.165, 1.54) is 0 Å². The molecule has 0 bridgehead atoms. The molecule has 28 heavy (non-hydrogen) atoms. The molecule has 0 spiro atoms. The summed E-state index contributed by atoms with van der Waals surface area (Å²) < 4.78 is 5.97. The molecule has 5 heteroatoms. The van der Waals surface area contributed by atoms with Gasteiger partial charge in [0.1, 0.15) is 11.4 Å². The second kappa shape index (κ2) is 9.55. The highest BCUT2D eigenvalue weighted by Crippen LogP contribution is 2.31. The summed E-state index contributed by atoms with van der Waals surface area (Å²) in [7, 11) is 1.81. The molecule has 0 aliphatic carbocycles. The summed E-state index contributed by atoms with van der Waals surface area (Å²) in [6, 6.07) is 20.9. The molecule has 0 radical (unpaired) electrons. The molecule has 0 saturated carbocycles. The van der Waals surface area contributed by atoms with E-state index in [-0.39, 0.29) is 5.91 Å². The summed E-state index contributed by atoms with van der Waals surface area (Å²) in [6.45, 7) is 2.84. The highest BCUT2D eigenvalue weighted by Gasteiger charge is 2.13. The van der Waals surface area contributed by atoms with Gasteiger partial charge in [-0.05, 0) is 42.8 Å². The third-order valence-electron chi connectivity index (χ3n) is 4.31. The van der Waals surface area contributed by atoms with Crippen LogP contribution in [-0.2, 0) is 0 Å². The molecule has 0 aliphatic heterocycles. The van der Waals surface area contributed by atoms with Crippen LogP contribution in [0.5, 0.6) is 11.5 Å². The molecule has 0 fully saturated rings. The summed E-state index contributed by atoms with van der Waals surface area (Å²) in [6.07, 6.45) is 3.71. The topological polar surface area (TPSA) is 54.5 Å². The van der Waals surface area contributed by atoms with Gasteiger partial charge in [0.25, 0.3) is 5.91 Å². The molecule has 0 unspecified atom stereocenters. The summed E-state index contributed by atoms with van der Waals surface area (Å²) in [5.41, 5.74) is 2.06. The zero-order chi connectivity index (χ0) is 19.8. The molecule has 0 saturated heterocycles. The van der Waals surface area contributed by atoms with E-state index in [2.05, 4.69) is 17.2 Å². The molecule has 3 rings (SSSR count). The number of carbonyl (C=O) groups is 1. The molecule has 0 aliphatic rings. The van der Waals surface area contributed by atoms with Crippen molar-refractivity contribution in [3.05, 3.63) is 78.6 Å². The minimum absolute atomic E-state index is 0.0622. The first-order valence-corrected chi connectivity index (χ1v) is 9.48. The van der Waals surface area contributed by atoms with Crippen LogP contribution >= 0.6 is 0 Å². The van der Waals surface area contributed by atoms with Crippen molar-refractivity contribution < 1.29 is 9.53 Å². The van der Waals surface area contributed by atoms with Crippen molar-refractivity contribution >= 4 is 17.3 Å². The highest BCUT2D eigenvalue weighted by molar-refractivity contribution is 5.92. The molecular formula is C23H25N3O2. The normalized spacial score (nSPS) is 10.4. The number of unbranched alkanes of at least 4 members (excludes halogenated alkanes) is 1. The predicted molar refractivity (Wildman–Crippen MR) is 112 cm³/mol. The predicted octanol–water partition coefficient (Wildman–Crippen LogP) is 5.49. The first-order chi connectivity index (χ1) is 13.7. The lowest BCUT2D eigenvalue weighted by atomic mass is 10.2. The van der Waals surface area contributed by atoms with E-state index in [9.17, 15) is 4.79 Å². The first-order valence-electron chi connectivity index (χ1n) is 9.48. The van der Waals surface area contributed by atoms with Gasteiger partial charge in [0.05, 0.1) is 17.6 Å². The minimum Gasteiger partial charge on any atom is -0.455 e. The fourth-order valence-corrected chi connectivity index (χ4v) is 2.72. The van der Waals surface area contributed by atoms with Crippen molar-refractivity contribution in [3.63, 3.8) is 0 Å². The van der Waals surface area contributed by atoms with Crippen molar-refractivity contribution in [1.29, 1.82) is 0 Å². The third-order valence-corrected chi connectivity index (χ3v) is 4.31. The van der Waals surface area contributed by atoms with Gasteiger partial charge in [0, 0.05) is 13.6 Å². The van der Waals surface area contributed by atoms with Crippen LogP contribution < -0.4 is 10.1 Å². The fourth-order valence-electron chi connectivity index (χ4n) is 2.72.